The highest BCUT2D eigenvalue weighted by atomic mass is 79.9. The van der Waals surface area contributed by atoms with Crippen molar-refractivity contribution in [1.82, 2.24) is 0 Å². The predicted molar refractivity (Wildman–Crippen MR) is 70.7 cm³/mol. The summed E-state index contributed by atoms with van der Waals surface area (Å²) < 4.78 is 6.68. The Bertz CT molecular complexity index is 526. The molecular formula is C10H6Br2N4O. The van der Waals surface area contributed by atoms with Gasteiger partial charge in [-0.05, 0) is 28.1 Å². The second-order valence-corrected chi connectivity index (χ2v) is 4.53. The Morgan fingerprint density at radius 3 is 2.53 bits per heavy atom. The number of methoxy groups -OCH3 is 1. The first-order valence-electron chi connectivity index (χ1n) is 4.29. The zero-order valence-corrected chi connectivity index (χ0v) is 11.8. The van der Waals surface area contributed by atoms with Crippen molar-refractivity contribution in [2.45, 2.75) is 0 Å². The van der Waals surface area contributed by atoms with Crippen molar-refractivity contribution in [3.63, 3.8) is 0 Å². The highest BCUT2D eigenvalue weighted by molar-refractivity contribution is 9.11. The number of hydrazone groups is 1. The van der Waals surface area contributed by atoms with Crippen LogP contribution in [-0.2, 0) is 0 Å². The summed E-state index contributed by atoms with van der Waals surface area (Å²) in [4.78, 5) is 0. The number of ether oxygens (including phenoxy) is 1. The third-order valence-electron chi connectivity index (χ3n) is 1.73. The third kappa shape index (κ3) is 3.45. The van der Waals surface area contributed by atoms with Crippen LogP contribution in [0.1, 0.15) is 0 Å². The molecule has 1 rings (SSSR count). The number of rotatable bonds is 3. The summed E-state index contributed by atoms with van der Waals surface area (Å²) in [6, 6.07) is 6.83. The fourth-order valence-corrected chi connectivity index (χ4v) is 2.28. The molecule has 86 valence electrons. The van der Waals surface area contributed by atoms with Gasteiger partial charge in [0.15, 0.2) is 0 Å². The van der Waals surface area contributed by atoms with Crippen LogP contribution in [0.25, 0.3) is 0 Å². The largest absolute Gasteiger partial charge is 0.494 e. The number of hydrogen-bond acceptors (Lipinski definition) is 5. The monoisotopic (exact) mass is 356 g/mol. The van der Waals surface area contributed by atoms with Gasteiger partial charge in [0.05, 0.1) is 7.11 Å². The second-order valence-electron chi connectivity index (χ2n) is 2.76. The molecule has 0 radical (unpaired) electrons. The summed E-state index contributed by atoms with van der Waals surface area (Å²) in [6.07, 6.45) is 0. The summed E-state index contributed by atoms with van der Waals surface area (Å²) in [5.41, 5.74) is 2.89. The van der Waals surface area contributed by atoms with Crippen LogP contribution < -0.4 is 10.2 Å². The van der Waals surface area contributed by atoms with Gasteiger partial charge in [-0.2, -0.15) is 15.6 Å². The minimum atomic E-state index is -0.262. The van der Waals surface area contributed by atoms with Crippen molar-refractivity contribution in [3.05, 3.63) is 21.1 Å². The van der Waals surface area contributed by atoms with E-state index in [9.17, 15) is 0 Å². The predicted octanol–water partition coefficient (Wildman–Crippen LogP) is 3.04. The van der Waals surface area contributed by atoms with Crippen LogP contribution in [0.4, 0.5) is 5.69 Å². The van der Waals surface area contributed by atoms with Gasteiger partial charge < -0.3 is 4.74 Å². The van der Waals surface area contributed by atoms with Gasteiger partial charge in [0, 0.05) is 8.95 Å². The first-order chi connectivity index (χ1) is 8.12. The van der Waals surface area contributed by atoms with Crippen molar-refractivity contribution >= 4 is 43.3 Å². The smallest absolute Gasteiger partial charge is 0.237 e. The van der Waals surface area contributed by atoms with Gasteiger partial charge in [-0.3, -0.25) is 5.43 Å². The third-order valence-corrected chi connectivity index (χ3v) is 2.81. The van der Waals surface area contributed by atoms with E-state index >= 15 is 0 Å². The number of nitrogens with one attached hydrogen (secondary N) is 1. The van der Waals surface area contributed by atoms with Crippen molar-refractivity contribution in [2.75, 3.05) is 12.5 Å². The Morgan fingerprint density at radius 1 is 1.35 bits per heavy atom. The van der Waals surface area contributed by atoms with Crippen LogP contribution in [0.15, 0.2) is 26.2 Å². The minimum absolute atomic E-state index is 0.262. The summed E-state index contributed by atoms with van der Waals surface area (Å²) in [5, 5.41) is 20.7. The summed E-state index contributed by atoms with van der Waals surface area (Å²) in [5.74, 6) is 0.533. The molecule has 0 fully saturated rings. The normalized spacial score (nSPS) is 8.76. The average molecular weight is 358 g/mol. The highest BCUT2D eigenvalue weighted by Gasteiger charge is 2.09. The number of hydrogen-bond donors (Lipinski definition) is 1. The van der Waals surface area contributed by atoms with E-state index in [1.54, 1.807) is 24.3 Å². The van der Waals surface area contributed by atoms with Crippen LogP contribution in [0, 0.1) is 22.7 Å². The number of anilines is 1. The average Bonchev–Trinajstić information content (AvgIpc) is 2.31. The lowest BCUT2D eigenvalue weighted by Crippen LogP contribution is -1.99. The standard InChI is InChI=1S/C10H6Br2N4O/c1-17-9-3-6(11)2-8(12)10(9)16-15-7(4-13)5-14/h2-3,16H,1H3. The first-order valence-corrected chi connectivity index (χ1v) is 5.88. The van der Waals surface area contributed by atoms with E-state index in [0.29, 0.717) is 15.9 Å². The SMILES string of the molecule is COc1cc(Br)cc(Br)c1NN=C(C#N)C#N. The molecule has 0 amide bonds. The first kappa shape index (κ1) is 13.5. The molecule has 1 N–H and O–H groups in total. The molecule has 5 nitrogen and oxygen atoms in total. The molecule has 1 aromatic carbocycles. The zero-order chi connectivity index (χ0) is 12.8. The van der Waals surface area contributed by atoms with E-state index in [1.165, 1.54) is 7.11 Å². The van der Waals surface area contributed by atoms with E-state index < -0.39 is 0 Å². The molecule has 0 aliphatic heterocycles. The fourth-order valence-electron chi connectivity index (χ4n) is 1.01. The summed E-state index contributed by atoms with van der Waals surface area (Å²) in [7, 11) is 1.51. The van der Waals surface area contributed by atoms with E-state index in [0.717, 1.165) is 4.47 Å². The Kier molecular flexibility index (Phi) is 4.95. The Hall–Kier alpha value is -1.57. The Labute approximate surface area is 115 Å². The molecule has 0 saturated heterocycles. The van der Waals surface area contributed by atoms with Crippen molar-refractivity contribution in [2.24, 2.45) is 5.10 Å². The Balaban J connectivity index is 3.12. The lowest BCUT2D eigenvalue weighted by atomic mass is 10.3. The van der Waals surface area contributed by atoms with Gasteiger partial charge in [-0.25, -0.2) is 0 Å². The maximum absolute atomic E-state index is 8.55. The van der Waals surface area contributed by atoms with Crippen LogP contribution in [-0.4, -0.2) is 12.8 Å². The van der Waals surface area contributed by atoms with Gasteiger partial charge in [-0.1, -0.05) is 15.9 Å². The highest BCUT2D eigenvalue weighted by Crippen LogP contribution is 2.36. The molecule has 0 heterocycles. The maximum atomic E-state index is 8.55. The Morgan fingerprint density at radius 2 is 2.00 bits per heavy atom. The zero-order valence-electron chi connectivity index (χ0n) is 8.66. The van der Waals surface area contributed by atoms with E-state index in [4.69, 9.17) is 15.3 Å². The van der Waals surface area contributed by atoms with Gasteiger partial charge >= 0.3 is 0 Å². The molecule has 17 heavy (non-hydrogen) atoms. The van der Waals surface area contributed by atoms with Gasteiger partial charge in [0.2, 0.25) is 5.71 Å². The number of benzene rings is 1. The molecular weight excluding hydrogens is 352 g/mol. The van der Waals surface area contributed by atoms with Gasteiger partial charge in [-0.15, -0.1) is 0 Å². The summed E-state index contributed by atoms with van der Waals surface area (Å²) >= 11 is 6.64. The molecule has 0 aliphatic rings. The lowest BCUT2D eigenvalue weighted by molar-refractivity contribution is 0.416. The van der Waals surface area contributed by atoms with Gasteiger partial charge in [0.25, 0.3) is 0 Å². The summed E-state index contributed by atoms with van der Waals surface area (Å²) in [6.45, 7) is 0. The number of nitrogens with zero attached hydrogens (tertiary/aromatic N) is 3. The van der Waals surface area contributed by atoms with Crippen molar-refractivity contribution < 1.29 is 4.74 Å². The maximum Gasteiger partial charge on any atom is 0.237 e. The molecule has 0 aromatic heterocycles. The lowest BCUT2D eigenvalue weighted by Gasteiger charge is -2.10. The van der Waals surface area contributed by atoms with Crippen molar-refractivity contribution in [3.8, 4) is 17.9 Å². The molecule has 0 aliphatic carbocycles. The molecule has 0 spiro atoms. The topological polar surface area (TPSA) is 81.2 Å². The van der Waals surface area contributed by atoms with E-state index in [-0.39, 0.29) is 5.71 Å². The van der Waals surface area contributed by atoms with Crippen LogP contribution >= 0.6 is 31.9 Å². The van der Waals surface area contributed by atoms with Crippen LogP contribution in [0.5, 0.6) is 5.75 Å². The molecule has 0 atom stereocenters. The molecule has 7 heteroatoms. The number of nitriles is 2. The van der Waals surface area contributed by atoms with Crippen LogP contribution in [0.2, 0.25) is 0 Å². The van der Waals surface area contributed by atoms with Gasteiger partial charge in [0.1, 0.15) is 23.6 Å². The minimum Gasteiger partial charge on any atom is -0.494 e. The van der Waals surface area contributed by atoms with Crippen LogP contribution in [0.3, 0.4) is 0 Å². The molecule has 0 unspecified atom stereocenters. The number of halogens is 2. The second kappa shape index (κ2) is 6.24. The van der Waals surface area contributed by atoms with E-state index in [2.05, 4.69) is 42.4 Å². The van der Waals surface area contributed by atoms with Crippen molar-refractivity contribution in [1.29, 1.82) is 10.5 Å². The quantitative estimate of drug-likeness (QED) is 0.665. The molecule has 1 aromatic rings. The van der Waals surface area contributed by atoms with E-state index in [1.807, 2.05) is 0 Å². The molecule has 0 saturated carbocycles. The molecule has 0 bridgehead atoms. The fraction of sp³-hybridized carbons (Fsp3) is 0.100.